The van der Waals surface area contributed by atoms with E-state index in [1.165, 1.54) is 51.4 Å². The molecule has 0 spiro atoms. The highest BCUT2D eigenvalue weighted by Gasteiger charge is 2.40. The van der Waals surface area contributed by atoms with Gasteiger partial charge in [0.2, 0.25) is 0 Å². The van der Waals surface area contributed by atoms with Gasteiger partial charge in [0.05, 0.1) is 13.2 Å². The van der Waals surface area contributed by atoms with Crippen molar-refractivity contribution in [2.75, 3.05) is 19.8 Å². The van der Waals surface area contributed by atoms with Crippen LogP contribution in [0.5, 0.6) is 0 Å². The second kappa shape index (κ2) is 14.7. The minimum atomic E-state index is -0.979. The van der Waals surface area contributed by atoms with Gasteiger partial charge in [0.15, 0.2) is 0 Å². The van der Waals surface area contributed by atoms with E-state index in [0.717, 1.165) is 12.8 Å². The predicted octanol–water partition coefficient (Wildman–Crippen LogP) is 2.96. The van der Waals surface area contributed by atoms with Gasteiger partial charge in [-0.25, -0.2) is 0 Å². The first-order chi connectivity index (χ1) is 12.2. The summed E-state index contributed by atoms with van der Waals surface area (Å²) in [6.45, 7) is 2.66. The van der Waals surface area contributed by atoms with Crippen LogP contribution in [0.1, 0.15) is 71.1 Å². The Hall–Kier alpha value is -0.460. The maximum atomic E-state index is 9.79. The van der Waals surface area contributed by atoms with Crippen molar-refractivity contribution in [3.63, 3.8) is 0 Å². The van der Waals surface area contributed by atoms with E-state index < -0.39 is 24.4 Å². The van der Waals surface area contributed by atoms with Crippen molar-refractivity contribution in [2.45, 2.75) is 95.5 Å². The number of hydrogen-bond acceptors (Lipinski definition) is 5. The second-order valence-electron chi connectivity index (χ2n) is 6.97. The van der Waals surface area contributed by atoms with Gasteiger partial charge in [-0.2, -0.15) is 0 Å². The zero-order valence-electron chi connectivity index (χ0n) is 15.8. The maximum Gasteiger partial charge on any atom is 0.114 e. The molecule has 0 radical (unpaired) electrons. The first-order valence-electron chi connectivity index (χ1n) is 10.1. The molecule has 1 aliphatic heterocycles. The van der Waals surface area contributed by atoms with Crippen molar-refractivity contribution >= 4 is 0 Å². The fraction of sp³-hybridized carbons (Fsp3) is 0.900. The summed E-state index contributed by atoms with van der Waals surface area (Å²) in [5, 5.41) is 28.7. The van der Waals surface area contributed by atoms with Crippen molar-refractivity contribution in [1.29, 1.82) is 0 Å². The summed E-state index contributed by atoms with van der Waals surface area (Å²) in [5.74, 6) is 0. The smallest absolute Gasteiger partial charge is 0.114 e. The van der Waals surface area contributed by atoms with Gasteiger partial charge in [0, 0.05) is 6.61 Å². The molecular formula is C20H38O5. The van der Waals surface area contributed by atoms with Gasteiger partial charge in [0.1, 0.15) is 24.4 Å². The fourth-order valence-corrected chi connectivity index (χ4v) is 3.07. The highest BCUT2D eigenvalue weighted by atomic mass is 16.6. The molecule has 0 bridgehead atoms. The minimum absolute atomic E-state index is 0.0967. The highest BCUT2D eigenvalue weighted by Crippen LogP contribution is 2.20. The molecule has 0 unspecified atom stereocenters. The van der Waals surface area contributed by atoms with E-state index in [-0.39, 0.29) is 13.2 Å². The highest BCUT2D eigenvalue weighted by molar-refractivity contribution is 4.88. The maximum absolute atomic E-state index is 9.79. The van der Waals surface area contributed by atoms with Crippen LogP contribution in [0.2, 0.25) is 0 Å². The molecular weight excluding hydrogens is 320 g/mol. The first kappa shape index (κ1) is 22.6. The number of hydrogen-bond donors (Lipinski definition) is 3. The molecule has 1 saturated heterocycles. The SMILES string of the molecule is CCCC/C=C/CCCCCCCCO[C@@H](CO)[C@@H]1OC[C@@H](O)[C@@H]1O. The number of allylic oxidation sites excluding steroid dienone is 2. The van der Waals surface area contributed by atoms with Crippen molar-refractivity contribution < 1.29 is 24.8 Å². The summed E-state index contributed by atoms with van der Waals surface area (Å²) in [4.78, 5) is 0. The van der Waals surface area contributed by atoms with E-state index in [9.17, 15) is 15.3 Å². The molecule has 0 aromatic carbocycles. The standard InChI is InChI=1S/C20H38O5/c1-2-3-4-5-6-7-8-9-10-11-12-13-14-24-18(15-21)20-19(23)17(22)16-25-20/h5-6,17-23H,2-4,7-16H2,1H3/b6-5+/t17-,18+,19+,20+/m1/s1. The Morgan fingerprint density at radius 1 is 1.00 bits per heavy atom. The van der Waals surface area contributed by atoms with Gasteiger partial charge < -0.3 is 24.8 Å². The van der Waals surface area contributed by atoms with Crippen LogP contribution in [0.25, 0.3) is 0 Å². The van der Waals surface area contributed by atoms with E-state index in [1.807, 2.05) is 0 Å². The Bertz CT molecular complexity index is 334. The molecule has 1 heterocycles. The van der Waals surface area contributed by atoms with E-state index in [2.05, 4.69) is 19.1 Å². The predicted molar refractivity (Wildman–Crippen MR) is 99.6 cm³/mol. The van der Waals surface area contributed by atoms with Gasteiger partial charge in [-0.3, -0.25) is 0 Å². The third-order valence-corrected chi connectivity index (χ3v) is 4.72. The monoisotopic (exact) mass is 358 g/mol. The molecule has 1 rings (SSSR count). The lowest BCUT2D eigenvalue weighted by atomic mass is 10.1. The third kappa shape index (κ3) is 9.71. The lowest BCUT2D eigenvalue weighted by Crippen LogP contribution is -2.42. The number of ether oxygens (including phenoxy) is 2. The normalized spacial score (nSPS) is 25.0. The van der Waals surface area contributed by atoms with E-state index >= 15 is 0 Å². The summed E-state index contributed by atoms with van der Waals surface area (Å²) in [7, 11) is 0. The van der Waals surface area contributed by atoms with Gasteiger partial charge in [-0.15, -0.1) is 0 Å². The Balaban J connectivity index is 1.93. The fourth-order valence-electron chi connectivity index (χ4n) is 3.07. The lowest BCUT2D eigenvalue weighted by Gasteiger charge is -2.24. The summed E-state index contributed by atoms with van der Waals surface area (Å²) >= 11 is 0. The molecule has 3 N–H and O–H groups in total. The van der Waals surface area contributed by atoms with Crippen molar-refractivity contribution in [3.8, 4) is 0 Å². The molecule has 25 heavy (non-hydrogen) atoms. The molecule has 0 aliphatic carbocycles. The number of aliphatic hydroxyl groups is 3. The summed E-state index contributed by atoms with van der Waals surface area (Å²) < 4.78 is 10.9. The van der Waals surface area contributed by atoms with Gasteiger partial charge in [0.25, 0.3) is 0 Å². The molecule has 0 aromatic rings. The Morgan fingerprint density at radius 3 is 2.24 bits per heavy atom. The Kier molecular flexibility index (Phi) is 13.3. The lowest BCUT2D eigenvalue weighted by molar-refractivity contribution is -0.101. The van der Waals surface area contributed by atoms with Gasteiger partial charge >= 0.3 is 0 Å². The van der Waals surface area contributed by atoms with Crippen LogP contribution in [0, 0.1) is 0 Å². The summed E-state index contributed by atoms with van der Waals surface area (Å²) in [6.07, 6.45) is 13.6. The van der Waals surface area contributed by atoms with Crippen LogP contribution in [0.3, 0.4) is 0 Å². The molecule has 1 aliphatic rings. The third-order valence-electron chi connectivity index (χ3n) is 4.72. The zero-order chi connectivity index (χ0) is 18.3. The van der Waals surface area contributed by atoms with E-state index in [0.29, 0.717) is 6.61 Å². The molecule has 0 amide bonds. The van der Waals surface area contributed by atoms with Crippen molar-refractivity contribution in [2.24, 2.45) is 0 Å². The molecule has 0 aromatic heterocycles. The van der Waals surface area contributed by atoms with Crippen LogP contribution < -0.4 is 0 Å². The Morgan fingerprint density at radius 2 is 1.64 bits per heavy atom. The second-order valence-corrected chi connectivity index (χ2v) is 6.97. The average molecular weight is 359 g/mol. The van der Waals surface area contributed by atoms with Crippen molar-refractivity contribution in [1.82, 2.24) is 0 Å². The first-order valence-corrected chi connectivity index (χ1v) is 10.1. The number of rotatable bonds is 15. The van der Waals surface area contributed by atoms with Crippen LogP contribution >= 0.6 is 0 Å². The van der Waals surface area contributed by atoms with Crippen LogP contribution in [0.4, 0.5) is 0 Å². The van der Waals surface area contributed by atoms with E-state index in [1.54, 1.807) is 0 Å². The van der Waals surface area contributed by atoms with E-state index in [4.69, 9.17) is 9.47 Å². The quantitative estimate of drug-likeness (QED) is 0.310. The molecule has 4 atom stereocenters. The van der Waals surface area contributed by atoms with Crippen LogP contribution in [-0.2, 0) is 9.47 Å². The van der Waals surface area contributed by atoms with Gasteiger partial charge in [-0.1, -0.05) is 57.6 Å². The Labute approximate surface area is 153 Å². The van der Waals surface area contributed by atoms with Crippen molar-refractivity contribution in [3.05, 3.63) is 12.2 Å². The summed E-state index contributed by atoms with van der Waals surface area (Å²) in [6, 6.07) is 0. The molecule has 5 nitrogen and oxygen atoms in total. The number of unbranched alkanes of at least 4 members (excludes halogenated alkanes) is 8. The summed E-state index contributed by atoms with van der Waals surface area (Å²) in [5.41, 5.74) is 0. The molecule has 1 fully saturated rings. The molecule has 5 heteroatoms. The van der Waals surface area contributed by atoms with Gasteiger partial charge in [-0.05, 0) is 25.7 Å². The number of aliphatic hydroxyl groups excluding tert-OH is 3. The zero-order valence-corrected chi connectivity index (χ0v) is 15.8. The van der Waals surface area contributed by atoms with Crippen LogP contribution in [0.15, 0.2) is 12.2 Å². The minimum Gasteiger partial charge on any atom is -0.394 e. The van der Waals surface area contributed by atoms with Crippen LogP contribution in [-0.4, -0.2) is 59.6 Å². The largest absolute Gasteiger partial charge is 0.394 e. The average Bonchev–Trinajstić information content (AvgIpc) is 2.95. The topological polar surface area (TPSA) is 79.2 Å². The molecule has 0 saturated carbocycles. The molecule has 148 valence electrons.